The molecular formula is C29H60O4Si2. The van der Waals surface area contributed by atoms with Crippen LogP contribution in [0.25, 0.3) is 0 Å². The molecule has 0 aromatic heterocycles. The Morgan fingerprint density at radius 2 is 0.800 bits per heavy atom. The summed E-state index contributed by atoms with van der Waals surface area (Å²) in [5, 5.41) is 0.152. The Labute approximate surface area is 221 Å². The summed E-state index contributed by atoms with van der Waals surface area (Å²) in [4.78, 5) is 0. The zero-order valence-electron chi connectivity index (χ0n) is 24.5. The van der Waals surface area contributed by atoms with Gasteiger partial charge in [-0.1, -0.05) is 99.1 Å². The van der Waals surface area contributed by atoms with Crippen molar-refractivity contribution in [2.45, 2.75) is 137 Å². The Morgan fingerprint density at radius 3 is 1.03 bits per heavy atom. The molecule has 208 valence electrons. The van der Waals surface area contributed by atoms with Crippen molar-refractivity contribution in [3.8, 4) is 0 Å². The molecule has 0 atom stereocenters. The van der Waals surface area contributed by atoms with Crippen LogP contribution in [0.1, 0.15) is 132 Å². The number of hydrogen-bond donors (Lipinski definition) is 0. The molecule has 4 nitrogen and oxygen atoms in total. The molecule has 0 spiro atoms. The van der Waals surface area contributed by atoms with Crippen molar-refractivity contribution >= 4 is 17.1 Å². The summed E-state index contributed by atoms with van der Waals surface area (Å²) in [6, 6.07) is 0. The first-order valence-corrected chi connectivity index (χ1v) is 18.9. The highest BCUT2D eigenvalue weighted by Gasteiger charge is 2.58. The molecule has 0 unspecified atom stereocenters. The smallest absolute Gasteiger partial charge is 0.370 e. The SMILES string of the molecule is CCCC=C[Si](OCCCC)(OCCCC)C(CC)[Si](C=CCCC)(OCCCC)OCCCC. The summed E-state index contributed by atoms with van der Waals surface area (Å²) in [6.45, 7) is 18.6. The molecule has 0 aliphatic carbocycles. The van der Waals surface area contributed by atoms with Crippen LogP contribution in [0.5, 0.6) is 0 Å². The third-order valence-corrected chi connectivity index (χ3v) is 15.5. The fraction of sp³-hybridized carbons (Fsp3) is 0.862. The monoisotopic (exact) mass is 528 g/mol. The van der Waals surface area contributed by atoms with E-state index in [-0.39, 0.29) is 5.16 Å². The van der Waals surface area contributed by atoms with E-state index in [1.807, 2.05) is 0 Å². The van der Waals surface area contributed by atoms with Crippen LogP contribution >= 0.6 is 0 Å². The topological polar surface area (TPSA) is 36.9 Å². The van der Waals surface area contributed by atoms with Crippen LogP contribution in [0.15, 0.2) is 23.6 Å². The molecule has 0 saturated carbocycles. The lowest BCUT2D eigenvalue weighted by molar-refractivity contribution is 0.141. The van der Waals surface area contributed by atoms with Gasteiger partial charge < -0.3 is 17.7 Å². The normalized spacial score (nSPS) is 13.9. The predicted octanol–water partition coefficient (Wildman–Crippen LogP) is 9.25. The molecule has 0 radical (unpaired) electrons. The minimum Gasteiger partial charge on any atom is -0.391 e. The molecule has 0 bridgehead atoms. The molecule has 0 aliphatic heterocycles. The van der Waals surface area contributed by atoms with E-state index < -0.39 is 17.1 Å². The minimum absolute atomic E-state index is 0.152. The van der Waals surface area contributed by atoms with Crippen molar-refractivity contribution in [1.82, 2.24) is 0 Å². The van der Waals surface area contributed by atoms with Gasteiger partial charge in [-0.15, -0.1) is 0 Å². The second-order valence-electron chi connectivity index (χ2n) is 9.59. The van der Waals surface area contributed by atoms with E-state index in [9.17, 15) is 0 Å². The maximum atomic E-state index is 6.91. The zero-order valence-corrected chi connectivity index (χ0v) is 26.5. The van der Waals surface area contributed by atoms with Gasteiger partial charge in [-0.2, -0.15) is 0 Å². The van der Waals surface area contributed by atoms with Crippen LogP contribution in [0.3, 0.4) is 0 Å². The first-order valence-electron chi connectivity index (χ1n) is 15.0. The molecule has 0 aliphatic rings. The van der Waals surface area contributed by atoms with E-state index >= 15 is 0 Å². The van der Waals surface area contributed by atoms with E-state index in [2.05, 4.69) is 72.0 Å². The molecule has 0 fully saturated rings. The summed E-state index contributed by atoms with van der Waals surface area (Å²) in [7, 11) is -5.55. The molecule has 0 saturated heterocycles. The van der Waals surface area contributed by atoms with Crippen molar-refractivity contribution < 1.29 is 17.7 Å². The van der Waals surface area contributed by atoms with Gasteiger partial charge in [-0.3, -0.25) is 0 Å². The fourth-order valence-electron chi connectivity index (χ4n) is 4.09. The largest absolute Gasteiger partial charge is 0.391 e. The van der Waals surface area contributed by atoms with Gasteiger partial charge in [-0.05, 0) is 56.3 Å². The molecule has 0 amide bonds. The Hall–Kier alpha value is -0.246. The van der Waals surface area contributed by atoms with Crippen LogP contribution in [-0.2, 0) is 17.7 Å². The summed E-state index contributed by atoms with van der Waals surface area (Å²) in [5.41, 5.74) is 4.72. The average Bonchev–Trinajstić information content (AvgIpc) is 2.85. The Bertz CT molecular complexity index is 461. The van der Waals surface area contributed by atoms with E-state index in [1.165, 1.54) is 0 Å². The van der Waals surface area contributed by atoms with Crippen molar-refractivity contribution in [2.24, 2.45) is 0 Å². The van der Waals surface area contributed by atoms with Crippen LogP contribution in [-0.4, -0.2) is 43.5 Å². The van der Waals surface area contributed by atoms with Gasteiger partial charge >= 0.3 is 17.1 Å². The van der Waals surface area contributed by atoms with Crippen LogP contribution in [0.4, 0.5) is 0 Å². The Balaban J connectivity index is 6.66. The van der Waals surface area contributed by atoms with E-state index in [0.717, 1.165) is 110 Å². The minimum atomic E-state index is -2.77. The number of rotatable bonds is 25. The first-order chi connectivity index (χ1) is 17.1. The van der Waals surface area contributed by atoms with Gasteiger partial charge in [0.25, 0.3) is 0 Å². The third-order valence-electron chi connectivity index (χ3n) is 6.29. The zero-order chi connectivity index (χ0) is 26.3. The van der Waals surface area contributed by atoms with Gasteiger partial charge in [0.15, 0.2) is 0 Å². The molecule has 0 aromatic rings. The van der Waals surface area contributed by atoms with E-state index in [4.69, 9.17) is 17.7 Å². The highest BCUT2D eigenvalue weighted by molar-refractivity contribution is 6.93. The second-order valence-corrected chi connectivity index (χ2v) is 16.3. The number of hydrogen-bond acceptors (Lipinski definition) is 4. The van der Waals surface area contributed by atoms with Gasteiger partial charge in [0, 0.05) is 26.4 Å². The van der Waals surface area contributed by atoms with Gasteiger partial charge in [0.1, 0.15) is 0 Å². The van der Waals surface area contributed by atoms with Crippen molar-refractivity contribution in [2.75, 3.05) is 26.4 Å². The maximum Gasteiger partial charge on any atom is 0.370 e. The van der Waals surface area contributed by atoms with Crippen molar-refractivity contribution in [3.63, 3.8) is 0 Å². The Kier molecular flexibility index (Phi) is 22.8. The Morgan fingerprint density at radius 1 is 0.486 bits per heavy atom. The molecule has 35 heavy (non-hydrogen) atoms. The quantitative estimate of drug-likeness (QED) is 0.0874. The summed E-state index contributed by atoms with van der Waals surface area (Å²) in [5.74, 6) is 0. The predicted molar refractivity (Wildman–Crippen MR) is 157 cm³/mol. The highest BCUT2D eigenvalue weighted by atomic mass is 28.4. The van der Waals surface area contributed by atoms with E-state index in [1.54, 1.807) is 0 Å². The van der Waals surface area contributed by atoms with Crippen LogP contribution in [0.2, 0.25) is 5.16 Å². The van der Waals surface area contributed by atoms with Gasteiger partial charge in [0.2, 0.25) is 0 Å². The summed E-state index contributed by atoms with van der Waals surface area (Å²) >= 11 is 0. The van der Waals surface area contributed by atoms with Crippen molar-refractivity contribution in [3.05, 3.63) is 23.6 Å². The second kappa shape index (κ2) is 22.9. The van der Waals surface area contributed by atoms with Gasteiger partial charge in [0.05, 0.1) is 5.16 Å². The molecule has 0 rings (SSSR count). The summed E-state index contributed by atoms with van der Waals surface area (Å²) in [6.07, 6.45) is 18.6. The average molecular weight is 529 g/mol. The molecule has 0 aromatic carbocycles. The lowest BCUT2D eigenvalue weighted by atomic mass is 10.3. The molecule has 0 N–H and O–H groups in total. The fourth-order valence-corrected chi connectivity index (χ4v) is 13.7. The molecule has 6 heteroatoms. The van der Waals surface area contributed by atoms with Crippen LogP contribution < -0.4 is 0 Å². The molecular weight excluding hydrogens is 468 g/mol. The first kappa shape index (κ1) is 34.8. The lowest BCUT2D eigenvalue weighted by Crippen LogP contribution is -2.60. The lowest BCUT2D eigenvalue weighted by Gasteiger charge is -2.43. The maximum absolute atomic E-state index is 6.91. The van der Waals surface area contributed by atoms with Crippen molar-refractivity contribution in [1.29, 1.82) is 0 Å². The third kappa shape index (κ3) is 13.7. The van der Waals surface area contributed by atoms with Gasteiger partial charge in [-0.25, -0.2) is 0 Å². The van der Waals surface area contributed by atoms with E-state index in [0.29, 0.717) is 0 Å². The highest BCUT2D eigenvalue weighted by Crippen LogP contribution is 2.41. The number of allylic oxidation sites excluding steroid dienone is 2. The van der Waals surface area contributed by atoms with Crippen LogP contribution in [0, 0.1) is 0 Å². The molecule has 0 heterocycles. The standard InChI is InChI=1S/C29H60O4Si2/c1-8-15-21-27-34(30-23-17-10-3,31-24-18-11-4)29(14-7)35(28-22-16-9-2,32-25-19-12-5)33-26-20-13-6/h21-22,27-29H,8-20,23-26H2,1-7H3. The number of unbranched alkanes of at least 4 members (excludes halogenated alkanes) is 6. The summed E-state index contributed by atoms with van der Waals surface area (Å²) < 4.78 is 27.6.